The average molecular weight is 254 g/mol. The Morgan fingerprint density at radius 3 is 1.78 bits per heavy atom. The number of esters is 1. The van der Waals surface area contributed by atoms with Crippen LogP contribution in [-0.2, 0) is 9.53 Å². The lowest BCUT2D eigenvalue weighted by atomic mass is 10.1. The molecule has 0 aromatic rings. The second kappa shape index (κ2) is 14.3. The molecule has 0 aromatic carbocycles. The van der Waals surface area contributed by atoms with E-state index in [1.54, 1.807) is 0 Å². The lowest BCUT2D eigenvalue weighted by Crippen LogP contribution is -2.01. The van der Waals surface area contributed by atoms with Crippen molar-refractivity contribution in [3.05, 3.63) is 12.7 Å². The molecule has 0 aliphatic rings. The molecule has 0 radical (unpaired) electrons. The van der Waals surface area contributed by atoms with Gasteiger partial charge >= 0.3 is 5.97 Å². The van der Waals surface area contributed by atoms with Gasteiger partial charge in [-0.25, -0.2) is 4.79 Å². The summed E-state index contributed by atoms with van der Waals surface area (Å²) in [4.78, 5) is 10.8. The van der Waals surface area contributed by atoms with Crippen molar-refractivity contribution < 1.29 is 9.53 Å². The molecule has 0 fully saturated rings. The van der Waals surface area contributed by atoms with E-state index in [-0.39, 0.29) is 5.97 Å². The molecule has 0 saturated heterocycles. The molecular weight excluding hydrogens is 224 g/mol. The molecule has 18 heavy (non-hydrogen) atoms. The van der Waals surface area contributed by atoms with Crippen LogP contribution in [0.15, 0.2) is 12.7 Å². The van der Waals surface area contributed by atoms with Crippen LogP contribution in [0.1, 0.15) is 77.6 Å². The van der Waals surface area contributed by atoms with Crippen molar-refractivity contribution in [2.45, 2.75) is 77.6 Å². The fraction of sp³-hybridized carbons (Fsp3) is 0.812. The maximum atomic E-state index is 10.8. The first-order valence-electron chi connectivity index (χ1n) is 7.60. The van der Waals surface area contributed by atoms with Crippen LogP contribution in [0.2, 0.25) is 0 Å². The Hall–Kier alpha value is -0.790. The van der Waals surface area contributed by atoms with E-state index in [4.69, 9.17) is 4.74 Å². The molecule has 0 heterocycles. The molecule has 0 atom stereocenters. The number of carbonyl (C=O) groups excluding carboxylic acids is 1. The lowest BCUT2D eigenvalue weighted by molar-refractivity contribution is -0.137. The lowest BCUT2D eigenvalue weighted by Gasteiger charge is -2.03. The SMILES string of the molecule is C=CC(=O)OCCCCCCCCCCCCC. The van der Waals surface area contributed by atoms with Gasteiger partial charge in [-0.15, -0.1) is 0 Å². The van der Waals surface area contributed by atoms with E-state index in [1.807, 2.05) is 0 Å². The van der Waals surface area contributed by atoms with Gasteiger partial charge in [-0.3, -0.25) is 0 Å². The van der Waals surface area contributed by atoms with Crippen LogP contribution in [0.5, 0.6) is 0 Å². The van der Waals surface area contributed by atoms with Crippen molar-refractivity contribution in [2.75, 3.05) is 6.61 Å². The highest BCUT2D eigenvalue weighted by molar-refractivity contribution is 5.81. The molecule has 0 bridgehead atoms. The molecule has 0 rings (SSSR count). The number of carbonyl (C=O) groups is 1. The van der Waals surface area contributed by atoms with Crippen molar-refractivity contribution in [3.63, 3.8) is 0 Å². The maximum absolute atomic E-state index is 10.8. The zero-order valence-electron chi connectivity index (χ0n) is 12.1. The number of rotatable bonds is 13. The fourth-order valence-corrected chi connectivity index (χ4v) is 2.00. The minimum atomic E-state index is -0.304. The van der Waals surface area contributed by atoms with Gasteiger partial charge in [0.15, 0.2) is 0 Å². The van der Waals surface area contributed by atoms with E-state index >= 15 is 0 Å². The van der Waals surface area contributed by atoms with Gasteiger partial charge in [-0.1, -0.05) is 77.7 Å². The first-order valence-corrected chi connectivity index (χ1v) is 7.60. The van der Waals surface area contributed by atoms with Gasteiger partial charge in [0.25, 0.3) is 0 Å². The molecule has 0 N–H and O–H groups in total. The van der Waals surface area contributed by atoms with Gasteiger partial charge in [-0.2, -0.15) is 0 Å². The van der Waals surface area contributed by atoms with E-state index in [9.17, 15) is 4.79 Å². The van der Waals surface area contributed by atoms with Crippen LogP contribution in [0.4, 0.5) is 0 Å². The molecule has 0 aliphatic carbocycles. The first kappa shape index (κ1) is 17.2. The third-order valence-electron chi connectivity index (χ3n) is 3.16. The normalized spacial score (nSPS) is 10.3. The predicted molar refractivity (Wildman–Crippen MR) is 77.6 cm³/mol. The predicted octanol–water partition coefficient (Wildman–Crippen LogP) is 5.03. The fourth-order valence-electron chi connectivity index (χ4n) is 2.00. The van der Waals surface area contributed by atoms with Crippen LogP contribution in [0.25, 0.3) is 0 Å². The van der Waals surface area contributed by atoms with E-state index in [2.05, 4.69) is 13.5 Å². The molecular formula is C16H30O2. The summed E-state index contributed by atoms with van der Waals surface area (Å²) in [7, 11) is 0. The van der Waals surface area contributed by atoms with Crippen LogP contribution in [0.3, 0.4) is 0 Å². The van der Waals surface area contributed by atoms with E-state index in [0.29, 0.717) is 6.61 Å². The van der Waals surface area contributed by atoms with Gasteiger partial charge in [0.2, 0.25) is 0 Å². The highest BCUT2D eigenvalue weighted by atomic mass is 16.5. The molecule has 0 amide bonds. The quantitative estimate of drug-likeness (QED) is 0.262. The van der Waals surface area contributed by atoms with Crippen LogP contribution in [0, 0.1) is 0 Å². The highest BCUT2D eigenvalue weighted by Gasteiger charge is 1.95. The highest BCUT2D eigenvalue weighted by Crippen LogP contribution is 2.11. The molecule has 2 heteroatoms. The van der Waals surface area contributed by atoms with E-state index in [1.165, 1.54) is 70.3 Å². The Morgan fingerprint density at radius 2 is 1.33 bits per heavy atom. The summed E-state index contributed by atoms with van der Waals surface area (Å²) < 4.78 is 4.92. The summed E-state index contributed by atoms with van der Waals surface area (Å²) in [5.74, 6) is -0.304. The molecule has 0 saturated carbocycles. The Balaban J connectivity index is 2.98. The second-order valence-electron chi connectivity index (χ2n) is 4.91. The molecule has 0 aromatic heterocycles. The minimum absolute atomic E-state index is 0.304. The van der Waals surface area contributed by atoms with Gasteiger partial charge in [0, 0.05) is 6.08 Å². The van der Waals surface area contributed by atoms with Gasteiger partial charge in [0.05, 0.1) is 6.61 Å². The molecule has 0 unspecified atom stereocenters. The molecule has 0 aliphatic heterocycles. The number of ether oxygens (including phenoxy) is 1. The van der Waals surface area contributed by atoms with Crippen molar-refractivity contribution in [2.24, 2.45) is 0 Å². The Bertz CT molecular complexity index is 199. The zero-order chi connectivity index (χ0) is 13.5. The van der Waals surface area contributed by atoms with Crippen LogP contribution < -0.4 is 0 Å². The largest absolute Gasteiger partial charge is 0.463 e. The first-order chi connectivity index (χ1) is 8.81. The van der Waals surface area contributed by atoms with Crippen LogP contribution in [-0.4, -0.2) is 12.6 Å². The Kier molecular flexibility index (Phi) is 13.6. The summed E-state index contributed by atoms with van der Waals surface area (Å²) >= 11 is 0. The smallest absolute Gasteiger partial charge is 0.330 e. The average Bonchev–Trinajstić information content (AvgIpc) is 2.39. The monoisotopic (exact) mass is 254 g/mol. The third-order valence-corrected chi connectivity index (χ3v) is 3.16. The van der Waals surface area contributed by atoms with Gasteiger partial charge in [0.1, 0.15) is 0 Å². The van der Waals surface area contributed by atoms with Crippen molar-refractivity contribution in [3.8, 4) is 0 Å². The molecule has 0 spiro atoms. The van der Waals surface area contributed by atoms with Crippen molar-refractivity contribution in [1.82, 2.24) is 0 Å². The van der Waals surface area contributed by atoms with Crippen LogP contribution >= 0.6 is 0 Å². The summed E-state index contributed by atoms with van der Waals surface area (Å²) in [6.07, 6.45) is 15.6. The summed E-state index contributed by atoms with van der Waals surface area (Å²) in [6.45, 7) is 6.16. The van der Waals surface area contributed by atoms with E-state index < -0.39 is 0 Å². The molecule has 2 nitrogen and oxygen atoms in total. The standard InChI is InChI=1S/C16H30O2/c1-3-5-6-7-8-9-10-11-12-13-14-15-18-16(17)4-2/h4H,2-3,5-15H2,1H3. The van der Waals surface area contributed by atoms with Gasteiger partial charge in [-0.05, 0) is 6.42 Å². The topological polar surface area (TPSA) is 26.3 Å². The zero-order valence-corrected chi connectivity index (χ0v) is 12.1. The number of unbranched alkanes of at least 4 members (excludes halogenated alkanes) is 10. The third kappa shape index (κ3) is 13.3. The summed E-state index contributed by atoms with van der Waals surface area (Å²) in [5, 5.41) is 0. The van der Waals surface area contributed by atoms with Crippen molar-refractivity contribution in [1.29, 1.82) is 0 Å². The van der Waals surface area contributed by atoms with Crippen molar-refractivity contribution >= 4 is 5.97 Å². The molecule has 106 valence electrons. The maximum Gasteiger partial charge on any atom is 0.330 e. The summed E-state index contributed by atoms with van der Waals surface area (Å²) in [5.41, 5.74) is 0. The Labute approximate surface area is 113 Å². The van der Waals surface area contributed by atoms with Gasteiger partial charge < -0.3 is 4.74 Å². The number of hydrogen-bond donors (Lipinski definition) is 0. The second-order valence-corrected chi connectivity index (χ2v) is 4.91. The van der Waals surface area contributed by atoms with E-state index in [0.717, 1.165) is 6.42 Å². The summed E-state index contributed by atoms with van der Waals surface area (Å²) in [6, 6.07) is 0. The Morgan fingerprint density at radius 1 is 0.889 bits per heavy atom. The number of hydrogen-bond acceptors (Lipinski definition) is 2. The minimum Gasteiger partial charge on any atom is -0.463 e.